The van der Waals surface area contributed by atoms with Crippen LogP contribution in [0.5, 0.6) is 0 Å². The molecule has 4 heterocycles. The van der Waals surface area contributed by atoms with E-state index < -0.39 is 149 Å². The molecule has 0 aromatic rings. The Morgan fingerprint density at radius 3 is 1.02 bits per heavy atom. The number of hydrogen-bond donors (Lipinski definition) is 14. The van der Waals surface area contributed by atoms with Crippen molar-refractivity contribution in [3.63, 3.8) is 0 Å². The minimum atomic E-state index is -2.02. The zero-order valence-electron chi connectivity index (χ0n) is 23.5. The molecule has 0 spiro atoms. The largest absolute Gasteiger partial charge is 0.394 e. The fourth-order valence-electron chi connectivity index (χ4n) is 5.55. The van der Waals surface area contributed by atoms with E-state index in [9.17, 15) is 71.5 Å². The van der Waals surface area contributed by atoms with Crippen LogP contribution in [0.1, 0.15) is 0 Å². The molecule has 264 valence electrons. The van der Waals surface area contributed by atoms with E-state index >= 15 is 0 Å². The lowest BCUT2D eigenvalue weighted by Crippen LogP contribution is -2.67. The molecule has 20 atom stereocenters. The third-order valence-corrected chi connectivity index (χ3v) is 8.20. The Labute approximate surface area is 254 Å². The van der Waals surface area contributed by atoms with Crippen LogP contribution in [0.15, 0.2) is 0 Å². The average molecular weight is 667 g/mol. The van der Waals surface area contributed by atoms with Crippen molar-refractivity contribution in [1.29, 1.82) is 0 Å². The van der Waals surface area contributed by atoms with E-state index in [4.69, 9.17) is 33.2 Å². The molecule has 4 aliphatic heterocycles. The highest BCUT2D eigenvalue weighted by Crippen LogP contribution is 2.34. The Kier molecular flexibility index (Phi) is 12.8. The molecule has 4 fully saturated rings. The SMILES string of the molecule is OCC1O[C@H](O[C@@H]2C(CO)O[C@@H](O[C@H]3C(CO)O[C@H](O)[C@H](O)C3O)C(O)[C@H]2O)[C@H](O)C(O)[C@H]1O[C@@H]1OC(CO)[C@@H](O)[C@H](O)C1O. The van der Waals surface area contributed by atoms with Crippen molar-refractivity contribution in [2.45, 2.75) is 123 Å². The van der Waals surface area contributed by atoms with Gasteiger partial charge in [0.1, 0.15) is 97.7 Å². The van der Waals surface area contributed by atoms with Crippen molar-refractivity contribution >= 4 is 0 Å². The normalized spacial score (nSPS) is 52.9. The van der Waals surface area contributed by atoms with Crippen molar-refractivity contribution < 1.29 is 105 Å². The molecule has 21 nitrogen and oxygen atoms in total. The number of rotatable bonds is 10. The van der Waals surface area contributed by atoms with Crippen LogP contribution in [0.4, 0.5) is 0 Å². The predicted molar refractivity (Wildman–Crippen MR) is 134 cm³/mol. The lowest BCUT2D eigenvalue weighted by atomic mass is 9.95. The van der Waals surface area contributed by atoms with Crippen LogP contribution in [0.2, 0.25) is 0 Å². The maximum Gasteiger partial charge on any atom is 0.187 e. The first kappa shape index (κ1) is 37.0. The Bertz CT molecular complexity index is 910. The molecule has 0 radical (unpaired) electrons. The lowest BCUT2D eigenvalue weighted by Gasteiger charge is -2.49. The first-order valence-electron chi connectivity index (χ1n) is 14.1. The maximum absolute atomic E-state index is 10.9. The van der Waals surface area contributed by atoms with Gasteiger partial charge in [-0.15, -0.1) is 0 Å². The van der Waals surface area contributed by atoms with E-state index in [0.717, 1.165) is 0 Å². The van der Waals surface area contributed by atoms with Gasteiger partial charge < -0.3 is 105 Å². The van der Waals surface area contributed by atoms with Gasteiger partial charge in [0.05, 0.1) is 26.4 Å². The fourth-order valence-corrected chi connectivity index (χ4v) is 5.55. The summed E-state index contributed by atoms with van der Waals surface area (Å²) in [5.41, 5.74) is 0. The van der Waals surface area contributed by atoms with Crippen LogP contribution in [0, 0.1) is 0 Å². The Morgan fingerprint density at radius 2 is 0.644 bits per heavy atom. The highest BCUT2D eigenvalue weighted by atomic mass is 16.8. The Morgan fingerprint density at radius 1 is 0.333 bits per heavy atom. The summed E-state index contributed by atoms with van der Waals surface area (Å²) in [4.78, 5) is 0. The number of aliphatic hydroxyl groups is 14. The van der Waals surface area contributed by atoms with Gasteiger partial charge in [0, 0.05) is 0 Å². The van der Waals surface area contributed by atoms with Crippen molar-refractivity contribution in [3.05, 3.63) is 0 Å². The molecule has 0 saturated carbocycles. The molecule has 45 heavy (non-hydrogen) atoms. The molecule has 0 aromatic heterocycles. The summed E-state index contributed by atoms with van der Waals surface area (Å²) in [5.74, 6) is 0. The molecule has 4 aliphatic rings. The summed E-state index contributed by atoms with van der Waals surface area (Å²) in [6.07, 6.45) is -35.3. The smallest absolute Gasteiger partial charge is 0.187 e. The summed E-state index contributed by atoms with van der Waals surface area (Å²) in [6.45, 7) is -3.39. The minimum Gasteiger partial charge on any atom is -0.394 e. The van der Waals surface area contributed by atoms with E-state index in [0.29, 0.717) is 0 Å². The van der Waals surface area contributed by atoms with Gasteiger partial charge in [0.2, 0.25) is 0 Å². The van der Waals surface area contributed by atoms with Gasteiger partial charge >= 0.3 is 0 Å². The molecular weight excluding hydrogens is 624 g/mol. The molecule has 21 heteroatoms. The van der Waals surface area contributed by atoms with Gasteiger partial charge in [0.25, 0.3) is 0 Å². The van der Waals surface area contributed by atoms with Crippen LogP contribution < -0.4 is 0 Å². The summed E-state index contributed by atoms with van der Waals surface area (Å²) in [7, 11) is 0. The van der Waals surface area contributed by atoms with Gasteiger partial charge in [-0.3, -0.25) is 0 Å². The molecule has 0 bridgehead atoms. The zero-order chi connectivity index (χ0) is 33.3. The first-order chi connectivity index (χ1) is 21.3. The van der Waals surface area contributed by atoms with Crippen LogP contribution in [0.3, 0.4) is 0 Å². The van der Waals surface area contributed by atoms with Crippen LogP contribution in [-0.2, 0) is 33.2 Å². The van der Waals surface area contributed by atoms with Crippen molar-refractivity contribution in [1.82, 2.24) is 0 Å². The molecule has 4 saturated heterocycles. The van der Waals surface area contributed by atoms with Gasteiger partial charge in [0.15, 0.2) is 25.2 Å². The van der Waals surface area contributed by atoms with Crippen molar-refractivity contribution in [2.75, 3.05) is 26.4 Å². The summed E-state index contributed by atoms with van der Waals surface area (Å²) in [6, 6.07) is 0. The van der Waals surface area contributed by atoms with Gasteiger partial charge in [-0.1, -0.05) is 0 Å². The number of aliphatic hydroxyl groups excluding tert-OH is 14. The van der Waals surface area contributed by atoms with Gasteiger partial charge in [-0.05, 0) is 0 Å². The monoisotopic (exact) mass is 666 g/mol. The fraction of sp³-hybridized carbons (Fsp3) is 1.00. The minimum absolute atomic E-state index is 0.784. The van der Waals surface area contributed by atoms with E-state index in [1.807, 2.05) is 0 Å². The third-order valence-electron chi connectivity index (χ3n) is 8.20. The van der Waals surface area contributed by atoms with E-state index in [2.05, 4.69) is 0 Å². The van der Waals surface area contributed by atoms with Crippen molar-refractivity contribution in [2.24, 2.45) is 0 Å². The molecular formula is C24H42O21. The lowest BCUT2D eigenvalue weighted by molar-refractivity contribution is -0.387. The summed E-state index contributed by atoms with van der Waals surface area (Å²) < 4.78 is 37.7. The van der Waals surface area contributed by atoms with E-state index in [-0.39, 0.29) is 0 Å². The predicted octanol–water partition coefficient (Wildman–Crippen LogP) is -9.75. The Hall–Kier alpha value is -0.840. The standard InChI is InChI=1S/C24H42O21/c25-1-5-9(29)10(30)15(35)22(40-5)44-19-7(3-27)42-24(17(37)12(19)32)45-20-8(4-28)41-23(16(36)13(20)33)43-18-6(2-26)39-21(38)14(34)11(18)31/h5-38H,1-4H2/t5?,6?,7?,8?,9-,10+,11?,12?,13-,14-,15?,16?,17-,18+,19+,20-,21+,22+,23+,24-/m1/s1. The summed E-state index contributed by atoms with van der Waals surface area (Å²) >= 11 is 0. The van der Waals surface area contributed by atoms with Gasteiger partial charge in [-0.2, -0.15) is 0 Å². The highest BCUT2D eigenvalue weighted by molar-refractivity contribution is 4.97. The van der Waals surface area contributed by atoms with Crippen LogP contribution in [-0.4, -0.2) is 221 Å². The van der Waals surface area contributed by atoms with E-state index in [1.54, 1.807) is 0 Å². The molecule has 0 amide bonds. The van der Waals surface area contributed by atoms with Gasteiger partial charge in [-0.25, -0.2) is 0 Å². The number of ether oxygens (including phenoxy) is 7. The third kappa shape index (κ3) is 7.44. The quantitative estimate of drug-likeness (QED) is 0.103. The summed E-state index contributed by atoms with van der Waals surface area (Å²) in [5, 5.41) is 142. The topological polar surface area (TPSA) is 348 Å². The second kappa shape index (κ2) is 15.6. The average Bonchev–Trinajstić information content (AvgIpc) is 3.03. The molecule has 14 N–H and O–H groups in total. The molecule has 4 rings (SSSR count). The Balaban J connectivity index is 1.43. The van der Waals surface area contributed by atoms with Crippen LogP contribution in [0.25, 0.3) is 0 Å². The first-order valence-corrected chi connectivity index (χ1v) is 14.1. The molecule has 0 aromatic carbocycles. The van der Waals surface area contributed by atoms with Crippen molar-refractivity contribution in [3.8, 4) is 0 Å². The molecule has 8 unspecified atom stereocenters. The van der Waals surface area contributed by atoms with E-state index in [1.165, 1.54) is 0 Å². The number of hydrogen-bond acceptors (Lipinski definition) is 21. The molecule has 0 aliphatic carbocycles. The zero-order valence-corrected chi connectivity index (χ0v) is 23.5. The second-order valence-corrected chi connectivity index (χ2v) is 11.1. The second-order valence-electron chi connectivity index (χ2n) is 11.1. The maximum atomic E-state index is 10.9. The highest BCUT2D eigenvalue weighted by Gasteiger charge is 2.55. The van der Waals surface area contributed by atoms with Crippen LogP contribution >= 0.6 is 0 Å².